The van der Waals surface area contributed by atoms with Gasteiger partial charge in [0.2, 0.25) is 15.9 Å². The Balaban J connectivity index is 1.71. The first-order valence-electron chi connectivity index (χ1n) is 9.34. The van der Waals surface area contributed by atoms with Crippen molar-refractivity contribution in [2.45, 2.75) is 24.4 Å². The van der Waals surface area contributed by atoms with Gasteiger partial charge in [-0.15, -0.1) is 0 Å². The first-order chi connectivity index (χ1) is 14.4. The summed E-state index contributed by atoms with van der Waals surface area (Å²) in [6, 6.07) is 16.6. The van der Waals surface area contributed by atoms with Crippen LogP contribution in [0.5, 0.6) is 11.5 Å². The number of carbonyl (C=O) groups excluding carboxylic acids is 1. The van der Waals surface area contributed by atoms with Crippen molar-refractivity contribution >= 4 is 26.7 Å². The lowest BCUT2D eigenvalue weighted by Crippen LogP contribution is -2.44. The minimum atomic E-state index is -3.85. The van der Waals surface area contributed by atoms with Crippen molar-refractivity contribution in [3.8, 4) is 11.5 Å². The highest BCUT2D eigenvalue weighted by molar-refractivity contribution is 7.89. The van der Waals surface area contributed by atoms with Crippen LogP contribution in [-0.4, -0.2) is 34.6 Å². The molecule has 7 nitrogen and oxygen atoms in total. The lowest BCUT2D eigenvalue weighted by atomic mass is 10.0. The van der Waals surface area contributed by atoms with Crippen LogP contribution in [0.25, 0.3) is 10.8 Å². The van der Waals surface area contributed by atoms with Crippen molar-refractivity contribution in [1.82, 2.24) is 10.0 Å². The molecule has 0 heterocycles. The Bertz CT molecular complexity index is 1140. The van der Waals surface area contributed by atoms with Crippen LogP contribution in [0.4, 0.5) is 0 Å². The molecule has 1 atom stereocenters. The van der Waals surface area contributed by atoms with Crippen LogP contribution in [0.1, 0.15) is 12.5 Å². The maximum Gasteiger partial charge on any atom is 0.241 e. The third-order valence-electron chi connectivity index (χ3n) is 4.75. The van der Waals surface area contributed by atoms with E-state index < -0.39 is 22.0 Å². The highest BCUT2D eigenvalue weighted by Crippen LogP contribution is 2.27. The SMILES string of the molecule is COc1ccc(S(=O)(=O)N[C@@H](C)C(=O)NCc2c(OC)ccc3ccccc23)cc1. The van der Waals surface area contributed by atoms with Crippen molar-refractivity contribution in [2.24, 2.45) is 0 Å². The van der Waals surface area contributed by atoms with Gasteiger partial charge in [0.1, 0.15) is 11.5 Å². The van der Waals surface area contributed by atoms with Crippen LogP contribution in [-0.2, 0) is 21.4 Å². The Morgan fingerprint density at radius 2 is 1.67 bits per heavy atom. The number of carbonyl (C=O) groups is 1. The molecule has 1 amide bonds. The molecule has 3 rings (SSSR count). The molecule has 0 fully saturated rings. The number of nitrogens with one attached hydrogen (secondary N) is 2. The highest BCUT2D eigenvalue weighted by Gasteiger charge is 2.22. The molecule has 0 aliphatic carbocycles. The van der Waals surface area contributed by atoms with Gasteiger partial charge in [-0.2, -0.15) is 4.72 Å². The molecule has 0 aromatic heterocycles. The number of hydrogen-bond acceptors (Lipinski definition) is 5. The van der Waals surface area contributed by atoms with Crippen molar-refractivity contribution in [3.63, 3.8) is 0 Å². The third kappa shape index (κ3) is 4.72. The van der Waals surface area contributed by atoms with Crippen LogP contribution < -0.4 is 19.5 Å². The zero-order valence-electron chi connectivity index (χ0n) is 17.0. The van der Waals surface area contributed by atoms with E-state index in [1.54, 1.807) is 19.2 Å². The Kier molecular flexibility index (Phi) is 6.59. The molecule has 0 bridgehead atoms. The molecule has 8 heteroatoms. The summed E-state index contributed by atoms with van der Waals surface area (Å²) < 4.78 is 38.0. The molecule has 3 aromatic rings. The van der Waals surface area contributed by atoms with Crippen molar-refractivity contribution < 1.29 is 22.7 Å². The predicted octanol–water partition coefficient (Wildman–Crippen LogP) is 2.84. The molecule has 30 heavy (non-hydrogen) atoms. The fourth-order valence-electron chi connectivity index (χ4n) is 3.13. The van der Waals surface area contributed by atoms with Gasteiger partial charge in [-0.25, -0.2) is 8.42 Å². The first kappa shape index (κ1) is 21.6. The Morgan fingerprint density at radius 3 is 2.33 bits per heavy atom. The second kappa shape index (κ2) is 9.15. The van der Waals surface area contributed by atoms with Crippen molar-refractivity contribution in [3.05, 3.63) is 66.2 Å². The lowest BCUT2D eigenvalue weighted by molar-refractivity contribution is -0.122. The first-order valence-corrected chi connectivity index (χ1v) is 10.8. The van der Waals surface area contributed by atoms with E-state index in [4.69, 9.17) is 9.47 Å². The molecular formula is C22H24N2O5S. The highest BCUT2D eigenvalue weighted by atomic mass is 32.2. The maximum absolute atomic E-state index is 12.6. The summed E-state index contributed by atoms with van der Waals surface area (Å²) >= 11 is 0. The molecule has 3 aromatic carbocycles. The topological polar surface area (TPSA) is 93.7 Å². The number of rotatable bonds is 8. The zero-order chi connectivity index (χ0) is 21.7. The van der Waals surface area contributed by atoms with Gasteiger partial charge in [-0.3, -0.25) is 4.79 Å². The fourth-order valence-corrected chi connectivity index (χ4v) is 4.33. The molecule has 0 radical (unpaired) electrons. The smallest absolute Gasteiger partial charge is 0.241 e. The van der Waals surface area contributed by atoms with Gasteiger partial charge >= 0.3 is 0 Å². The molecule has 0 aliphatic rings. The quantitative estimate of drug-likeness (QED) is 0.575. The van der Waals surface area contributed by atoms with E-state index >= 15 is 0 Å². The third-order valence-corrected chi connectivity index (χ3v) is 6.31. The lowest BCUT2D eigenvalue weighted by Gasteiger charge is -2.17. The van der Waals surface area contributed by atoms with Crippen molar-refractivity contribution in [1.29, 1.82) is 0 Å². The Labute approximate surface area is 176 Å². The Morgan fingerprint density at radius 1 is 0.967 bits per heavy atom. The van der Waals surface area contributed by atoms with Gasteiger partial charge < -0.3 is 14.8 Å². The van der Waals surface area contributed by atoms with Gasteiger partial charge in [0, 0.05) is 12.1 Å². The van der Waals surface area contributed by atoms with Crippen LogP contribution in [0.2, 0.25) is 0 Å². The fraction of sp³-hybridized carbons (Fsp3) is 0.227. The number of ether oxygens (including phenoxy) is 2. The summed E-state index contributed by atoms with van der Waals surface area (Å²) in [6.45, 7) is 1.70. The minimum absolute atomic E-state index is 0.0543. The summed E-state index contributed by atoms with van der Waals surface area (Å²) in [7, 11) is -0.781. The average Bonchev–Trinajstić information content (AvgIpc) is 2.76. The zero-order valence-corrected chi connectivity index (χ0v) is 17.8. The molecule has 0 aliphatic heterocycles. The van der Waals surface area contributed by atoms with Gasteiger partial charge in [0.15, 0.2) is 0 Å². The van der Waals surface area contributed by atoms with E-state index in [9.17, 15) is 13.2 Å². The van der Waals surface area contributed by atoms with Gasteiger partial charge in [0.05, 0.1) is 25.2 Å². The summed E-state index contributed by atoms with van der Waals surface area (Å²) in [4.78, 5) is 12.6. The molecule has 0 saturated carbocycles. The standard InChI is InChI=1S/C22H24N2O5S/c1-15(24-30(26,27)18-11-9-17(28-2)10-12-18)22(25)23-14-20-19-7-5-4-6-16(19)8-13-21(20)29-3/h4-13,15,24H,14H2,1-3H3,(H,23,25)/t15-/m0/s1. The van der Waals surface area contributed by atoms with Crippen molar-refractivity contribution in [2.75, 3.05) is 14.2 Å². The summed E-state index contributed by atoms with van der Waals surface area (Å²) in [5, 5.41) is 4.78. The molecule has 0 spiro atoms. The van der Waals surface area contributed by atoms with Gasteiger partial charge in [0.25, 0.3) is 0 Å². The van der Waals surface area contributed by atoms with Crippen LogP contribution in [0.3, 0.4) is 0 Å². The number of benzene rings is 3. The largest absolute Gasteiger partial charge is 0.497 e. The van der Waals surface area contributed by atoms with E-state index in [2.05, 4.69) is 10.0 Å². The molecule has 0 saturated heterocycles. The molecular weight excluding hydrogens is 404 g/mol. The van der Waals surface area contributed by atoms with E-state index in [0.29, 0.717) is 11.5 Å². The molecule has 158 valence electrons. The van der Waals surface area contributed by atoms with E-state index in [1.807, 2.05) is 36.4 Å². The average molecular weight is 429 g/mol. The van der Waals surface area contributed by atoms with Crippen LogP contribution in [0.15, 0.2) is 65.6 Å². The van der Waals surface area contributed by atoms with Gasteiger partial charge in [-0.1, -0.05) is 30.3 Å². The monoisotopic (exact) mass is 428 g/mol. The van der Waals surface area contributed by atoms with E-state index in [0.717, 1.165) is 16.3 Å². The second-order valence-electron chi connectivity index (χ2n) is 6.70. The number of methoxy groups -OCH3 is 2. The maximum atomic E-state index is 12.6. The second-order valence-corrected chi connectivity index (χ2v) is 8.42. The minimum Gasteiger partial charge on any atom is -0.497 e. The summed E-state index contributed by atoms with van der Waals surface area (Å²) in [6.07, 6.45) is 0. The Hall–Kier alpha value is -3.10. The number of sulfonamides is 1. The van der Waals surface area contributed by atoms with E-state index in [-0.39, 0.29) is 11.4 Å². The summed E-state index contributed by atoms with van der Waals surface area (Å²) in [5.74, 6) is 0.756. The number of amides is 1. The number of hydrogen-bond donors (Lipinski definition) is 2. The van der Waals surface area contributed by atoms with Crippen LogP contribution in [0, 0.1) is 0 Å². The molecule has 0 unspecified atom stereocenters. The molecule has 2 N–H and O–H groups in total. The van der Waals surface area contributed by atoms with Crippen LogP contribution >= 0.6 is 0 Å². The van der Waals surface area contributed by atoms with E-state index in [1.165, 1.54) is 26.2 Å². The number of fused-ring (bicyclic) bond motifs is 1. The normalized spacial score (nSPS) is 12.4. The predicted molar refractivity (Wildman–Crippen MR) is 115 cm³/mol. The summed E-state index contributed by atoms with van der Waals surface area (Å²) in [5.41, 5.74) is 0.828. The van der Waals surface area contributed by atoms with Gasteiger partial charge in [-0.05, 0) is 48.0 Å².